The molecule has 0 aromatic carbocycles. The third-order valence-corrected chi connectivity index (χ3v) is 4.17. The third kappa shape index (κ3) is 0.744. The molecule has 11 heavy (non-hydrogen) atoms. The Hall–Kier alpha value is -0.0800. The van der Waals surface area contributed by atoms with Gasteiger partial charge in [0.1, 0.15) is 0 Å². The summed E-state index contributed by atoms with van der Waals surface area (Å²) in [4.78, 5) is 0. The molecule has 62 valence electrons. The number of nitrogens with two attached hydrogens (primary N) is 1. The Morgan fingerprint density at radius 1 is 1.00 bits per heavy atom. The van der Waals surface area contributed by atoms with Crippen molar-refractivity contribution in [3.05, 3.63) is 0 Å². The number of hydrogen-bond donors (Lipinski definition) is 1. The number of rotatable bonds is 0. The van der Waals surface area contributed by atoms with Crippen molar-refractivity contribution in [2.24, 2.45) is 29.5 Å². The molecule has 2 aliphatic carbocycles. The van der Waals surface area contributed by atoms with E-state index >= 15 is 0 Å². The second-order valence-corrected chi connectivity index (χ2v) is 4.61. The van der Waals surface area contributed by atoms with Crippen LogP contribution in [0.4, 0.5) is 0 Å². The van der Waals surface area contributed by atoms with Crippen LogP contribution in [-0.4, -0.2) is 18.1 Å². The summed E-state index contributed by atoms with van der Waals surface area (Å²) in [5.74, 6) is 9.89. The van der Waals surface area contributed by atoms with Gasteiger partial charge in [-0.05, 0) is 42.9 Å². The minimum absolute atomic E-state index is 0.985. The smallest absolute Gasteiger partial charge is 0.0162 e. The zero-order valence-corrected chi connectivity index (χ0v) is 6.87. The van der Waals surface area contributed by atoms with Crippen molar-refractivity contribution in [1.29, 1.82) is 0 Å². The van der Waals surface area contributed by atoms with Gasteiger partial charge in [0.05, 0.1) is 0 Å². The Morgan fingerprint density at radius 2 is 1.55 bits per heavy atom. The second-order valence-electron chi connectivity index (χ2n) is 4.61. The number of hydrogen-bond acceptors (Lipinski definition) is 2. The monoisotopic (exact) mass is 152 g/mol. The number of fused-ring (bicyclic) bond motifs is 5. The van der Waals surface area contributed by atoms with E-state index in [1.165, 1.54) is 32.4 Å². The van der Waals surface area contributed by atoms with E-state index in [2.05, 4.69) is 0 Å². The van der Waals surface area contributed by atoms with E-state index in [1.54, 1.807) is 0 Å². The molecular formula is C9H16N2. The summed E-state index contributed by atoms with van der Waals surface area (Å²) in [6.45, 7) is 2.37. The highest BCUT2D eigenvalue weighted by atomic mass is 15.4. The maximum Gasteiger partial charge on any atom is 0.0162 e. The van der Waals surface area contributed by atoms with E-state index in [4.69, 9.17) is 5.84 Å². The molecule has 0 aromatic heterocycles. The maximum absolute atomic E-state index is 5.81. The van der Waals surface area contributed by atoms with Gasteiger partial charge < -0.3 is 0 Å². The summed E-state index contributed by atoms with van der Waals surface area (Å²) in [7, 11) is 0. The largest absolute Gasteiger partial charge is 0.269 e. The Bertz CT molecular complexity index is 162. The molecule has 2 N–H and O–H groups in total. The van der Waals surface area contributed by atoms with E-state index in [0.717, 1.165) is 23.7 Å². The van der Waals surface area contributed by atoms with Crippen LogP contribution in [0.25, 0.3) is 0 Å². The van der Waals surface area contributed by atoms with Gasteiger partial charge in [-0.15, -0.1) is 0 Å². The van der Waals surface area contributed by atoms with Crippen LogP contribution < -0.4 is 5.84 Å². The van der Waals surface area contributed by atoms with Crippen molar-refractivity contribution in [2.75, 3.05) is 13.1 Å². The lowest BCUT2D eigenvalue weighted by atomic mass is 9.82. The molecule has 2 bridgehead atoms. The zero-order valence-electron chi connectivity index (χ0n) is 6.87. The molecule has 1 saturated heterocycles. The van der Waals surface area contributed by atoms with Gasteiger partial charge in [0.2, 0.25) is 0 Å². The zero-order chi connectivity index (χ0) is 7.42. The van der Waals surface area contributed by atoms with Crippen LogP contribution in [0.2, 0.25) is 0 Å². The van der Waals surface area contributed by atoms with Crippen molar-refractivity contribution in [3.8, 4) is 0 Å². The molecule has 3 aliphatic rings. The average molecular weight is 152 g/mol. The highest BCUT2D eigenvalue weighted by molar-refractivity contribution is 5.01. The van der Waals surface area contributed by atoms with E-state index in [1.807, 2.05) is 5.01 Å². The molecule has 3 fully saturated rings. The fourth-order valence-corrected chi connectivity index (χ4v) is 3.71. The summed E-state index contributed by atoms with van der Waals surface area (Å²) in [5.41, 5.74) is 0. The first-order valence-corrected chi connectivity index (χ1v) is 4.84. The number of nitrogens with zero attached hydrogens (tertiary/aromatic N) is 1. The quantitative estimate of drug-likeness (QED) is 0.521. The topological polar surface area (TPSA) is 29.3 Å². The van der Waals surface area contributed by atoms with Gasteiger partial charge in [-0.3, -0.25) is 5.84 Å². The molecule has 0 spiro atoms. The van der Waals surface area contributed by atoms with Crippen molar-refractivity contribution in [2.45, 2.75) is 19.3 Å². The normalized spacial score (nSPS) is 55.4. The molecule has 2 heteroatoms. The fourth-order valence-electron chi connectivity index (χ4n) is 3.71. The highest BCUT2D eigenvalue weighted by Gasteiger charge is 2.50. The van der Waals surface area contributed by atoms with E-state index < -0.39 is 0 Å². The molecule has 3 rings (SSSR count). The molecule has 1 aliphatic heterocycles. The molecule has 0 unspecified atom stereocenters. The molecule has 1 heterocycles. The van der Waals surface area contributed by atoms with Crippen LogP contribution >= 0.6 is 0 Å². The maximum atomic E-state index is 5.81. The molecule has 4 atom stereocenters. The molecule has 0 aromatic rings. The van der Waals surface area contributed by atoms with Gasteiger partial charge in [0.25, 0.3) is 0 Å². The lowest BCUT2D eigenvalue weighted by Gasteiger charge is -2.22. The van der Waals surface area contributed by atoms with Crippen LogP contribution in [0.5, 0.6) is 0 Å². The third-order valence-electron chi connectivity index (χ3n) is 4.17. The Morgan fingerprint density at radius 3 is 2.09 bits per heavy atom. The number of hydrazine groups is 1. The van der Waals surface area contributed by atoms with E-state index in [9.17, 15) is 0 Å². The standard InChI is InChI=1S/C9H16N2/c10-11-4-8-6-1-2-7(3-6)9(8)5-11/h6-9H,1-5,10H2/t6-,7+,8+,9-. The summed E-state index contributed by atoms with van der Waals surface area (Å²) in [5, 5.41) is 2.04. The first kappa shape index (κ1) is 6.44. The van der Waals surface area contributed by atoms with Gasteiger partial charge >= 0.3 is 0 Å². The molecule has 2 nitrogen and oxygen atoms in total. The first-order chi connectivity index (χ1) is 5.34. The lowest BCUT2D eigenvalue weighted by Crippen LogP contribution is -2.29. The Labute approximate surface area is 67.7 Å². The molecule has 0 amide bonds. The van der Waals surface area contributed by atoms with Crippen LogP contribution in [0.1, 0.15) is 19.3 Å². The first-order valence-electron chi connectivity index (χ1n) is 4.84. The van der Waals surface area contributed by atoms with Crippen molar-refractivity contribution < 1.29 is 0 Å². The second kappa shape index (κ2) is 1.99. The molecule has 0 radical (unpaired) electrons. The lowest BCUT2D eigenvalue weighted by molar-refractivity contribution is 0.281. The predicted octanol–water partition coefficient (Wildman–Crippen LogP) is 0.838. The van der Waals surface area contributed by atoms with Gasteiger partial charge in [-0.1, -0.05) is 0 Å². The van der Waals surface area contributed by atoms with Crippen molar-refractivity contribution >= 4 is 0 Å². The Kier molecular flexibility index (Phi) is 1.16. The molecular weight excluding hydrogens is 136 g/mol. The fraction of sp³-hybridized carbons (Fsp3) is 1.00. The summed E-state index contributed by atoms with van der Waals surface area (Å²) < 4.78 is 0. The van der Waals surface area contributed by atoms with Crippen LogP contribution in [0.15, 0.2) is 0 Å². The van der Waals surface area contributed by atoms with Gasteiger partial charge in [-0.25, -0.2) is 5.01 Å². The molecule has 2 saturated carbocycles. The van der Waals surface area contributed by atoms with E-state index in [0.29, 0.717) is 0 Å². The van der Waals surface area contributed by atoms with E-state index in [-0.39, 0.29) is 0 Å². The summed E-state index contributed by atoms with van der Waals surface area (Å²) in [6.07, 6.45) is 4.53. The van der Waals surface area contributed by atoms with Crippen LogP contribution in [0.3, 0.4) is 0 Å². The summed E-state index contributed by atoms with van der Waals surface area (Å²) in [6, 6.07) is 0. The van der Waals surface area contributed by atoms with Crippen molar-refractivity contribution in [1.82, 2.24) is 5.01 Å². The SMILES string of the molecule is NN1C[C@@H]2[C@H]3CC[C@H](C3)[C@@H]2C1. The van der Waals surface area contributed by atoms with Crippen LogP contribution in [-0.2, 0) is 0 Å². The predicted molar refractivity (Wildman–Crippen MR) is 43.6 cm³/mol. The minimum atomic E-state index is 0.985. The van der Waals surface area contributed by atoms with Gasteiger partial charge in [-0.2, -0.15) is 0 Å². The van der Waals surface area contributed by atoms with Crippen LogP contribution in [0, 0.1) is 23.7 Å². The Balaban J connectivity index is 1.87. The van der Waals surface area contributed by atoms with Crippen molar-refractivity contribution in [3.63, 3.8) is 0 Å². The highest BCUT2D eigenvalue weighted by Crippen LogP contribution is 2.54. The van der Waals surface area contributed by atoms with Gasteiger partial charge in [0.15, 0.2) is 0 Å². The minimum Gasteiger partial charge on any atom is -0.269 e. The average Bonchev–Trinajstić information content (AvgIpc) is 2.53. The summed E-state index contributed by atoms with van der Waals surface area (Å²) >= 11 is 0. The van der Waals surface area contributed by atoms with Gasteiger partial charge in [0, 0.05) is 13.1 Å².